The van der Waals surface area contributed by atoms with E-state index in [1.165, 1.54) is 6.42 Å². The van der Waals surface area contributed by atoms with Crippen molar-refractivity contribution in [2.45, 2.75) is 69.8 Å². The number of rotatable bonds is 5. The fourth-order valence-corrected chi connectivity index (χ4v) is 5.83. The van der Waals surface area contributed by atoms with Crippen LogP contribution in [0.2, 0.25) is 0 Å². The second-order valence-corrected chi connectivity index (χ2v) is 9.85. The fourth-order valence-electron chi connectivity index (χ4n) is 5.83. The van der Waals surface area contributed by atoms with Crippen molar-refractivity contribution in [3.8, 4) is 5.75 Å². The smallest absolute Gasteiger partial charge is 0.315 e. The first-order valence-corrected chi connectivity index (χ1v) is 12.6. The maximum absolute atomic E-state index is 13.7. The van der Waals surface area contributed by atoms with E-state index in [0.29, 0.717) is 18.4 Å². The maximum atomic E-state index is 13.7. The van der Waals surface area contributed by atoms with Gasteiger partial charge in [-0.3, -0.25) is 19.6 Å². The lowest BCUT2D eigenvalue weighted by molar-refractivity contribution is -0.153. The summed E-state index contributed by atoms with van der Waals surface area (Å²) < 4.78 is 11.3. The summed E-state index contributed by atoms with van der Waals surface area (Å²) in [6.07, 6.45) is 9.63. The van der Waals surface area contributed by atoms with Crippen molar-refractivity contribution in [1.82, 2.24) is 4.98 Å². The molecule has 0 amide bonds. The standard InChI is InChI=1S/C29H32N2O4/c1-18-26(29(33)35-23-6-4-3-5-7-23)27(20-12-14-30-15-13-20)28-24(31-18)16-21(17-25(28)32)19-8-10-22(34-2)11-9-19/h8-15,21,23,26-27H,3-7,16-17H2,1-2H3/t21-,26?,27-/m1/s1. The minimum atomic E-state index is -0.598. The number of carbonyl (C=O) groups is 2. The molecule has 5 rings (SSSR count). The molecule has 0 spiro atoms. The van der Waals surface area contributed by atoms with Crippen LogP contribution in [0.1, 0.15) is 74.8 Å². The summed E-state index contributed by atoms with van der Waals surface area (Å²) in [6, 6.07) is 11.7. The highest BCUT2D eigenvalue weighted by Gasteiger charge is 2.45. The molecule has 0 radical (unpaired) electrons. The van der Waals surface area contributed by atoms with Gasteiger partial charge >= 0.3 is 5.97 Å². The monoisotopic (exact) mass is 472 g/mol. The van der Waals surface area contributed by atoms with Gasteiger partial charge in [0.25, 0.3) is 0 Å². The van der Waals surface area contributed by atoms with Crippen LogP contribution in [0.5, 0.6) is 5.75 Å². The molecule has 0 bridgehead atoms. The quantitative estimate of drug-likeness (QED) is 0.534. The number of ketones is 1. The Hall–Kier alpha value is -3.28. The molecule has 1 unspecified atom stereocenters. The van der Waals surface area contributed by atoms with Crippen molar-refractivity contribution >= 4 is 17.5 Å². The van der Waals surface area contributed by atoms with Gasteiger partial charge in [0.05, 0.1) is 7.11 Å². The van der Waals surface area contributed by atoms with E-state index in [1.54, 1.807) is 19.5 Å². The number of aliphatic imine (C=N–C) groups is 1. The van der Waals surface area contributed by atoms with Crippen molar-refractivity contribution in [1.29, 1.82) is 0 Å². The normalized spacial score (nSPS) is 25.0. The van der Waals surface area contributed by atoms with E-state index in [0.717, 1.165) is 54.0 Å². The van der Waals surface area contributed by atoms with E-state index in [1.807, 2.05) is 43.3 Å². The first kappa shape index (κ1) is 23.5. The zero-order chi connectivity index (χ0) is 24.4. The van der Waals surface area contributed by atoms with E-state index in [-0.39, 0.29) is 23.8 Å². The molecule has 1 aliphatic heterocycles. The lowest BCUT2D eigenvalue weighted by atomic mass is 9.69. The van der Waals surface area contributed by atoms with Crippen LogP contribution in [0.4, 0.5) is 0 Å². The first-order chi connectivity index (χ1) is 17.0. The molecule has 1 saturated carbocycles. The second kappa shape index (κ2) is 10.1. The third kappa shape index (κ3) is 4.79. The topological polar surface area (TPSA) is 77.8 Å². The number of carbonyl (C=O) groups excluding carboxylic acids is 2. The molecule has 6 nitrogen and oxygen atoms in total. The van der Waals surface area contributed by atoms with Crippen molar-refractivity contribution in [2.75, 3.05) is 7.11 Å². The average Bonchev–Trinajstić information content (AvgIpc) is 2.88. The fraction of sp³-hybridized carbons (Fsp3) is 0.448. The Kier molecular flexibility index (Phi) is 6.80. The minimum absolute atomic E-state index is 0.0426. The van der Waals surface area contributed by atoms with E-state index in [4.69, 9.17) is 14.5 Å². The minimum Gasteiger partial charge on any atom is -0.497 e. The van der Waals surface area contributed by atoms with Gasteiger partial charge in [-0.25, -0.2) is 0 Å². The molecular formula is C29H32N2O4. The predicted octanol–water partition coefficient (Wildman–Crippen LogP) is 5.54. The van der Waals surface area contributed by atoms with Crippen molar-refractivity contribution in [2.24, 2.45) is 10.9 Å². The Bertz CT molecular complexity index is 1150. The number of benzene rings is 1. The molecule has 0 saturated heterocycles. The molecule has 2 aromatic rings. The first-order valence-electron chi connectivity index (χ1n) is 12.6. The third-order valence-corrected chi connectivity index (χ3v) is 7.63. The van der Waals surface area contributed by atoms with Gasteiger partial charge in [0.2, 0.25) is 0 Å². The Morgan fingerprint density at radius 1 is 0.943 bits per heavy atom. The van der Waals surface area contributed by atoms with E-state index in [9.17, 15) is 9.59 Å². The number of aromatic nitrogens is 1. The van der Waals surface area contributed by atoms with Crippen LogP contribution >= 0.6 is 0 Å². The molecular weight excluding hydrogens is 440 g/mol. The maximum Gasteiger partial charge on any atom is 0.315 e. The molecule has 0 N–H and O–H groups in total. The van der Waals surface area contributed by atoms with Gasteiger partial charge < -0.3 is 9.47 Å². The predicted molar refractivity (Wildman–Crippen MR) is 134 cm³/mol. The molecule has 35 heavy (non-hydrogen) atoms. The second-order valence-electron chi connectivity index (χ2n) is 9.85. The highest BCUT2D eigenvalue weighted by atomic mass is 16.5. The lowest BCUT2D eigenvalue weighted by Gasteiger charge is -2.37. The Balaban J connectivity index is 1.49. The zero-order valence-electron chi connectivity index (χ0n) is 20.4. The molecule has 1 aromatic heterocycles. The summed E-state index contributed by atoms with van der Waals surface area (Å²) in [6.45, 7) is 1.90. The molecule has 182 valence electrons. The van der Waals surface area contributed by atoms with Crippen molar-refractivity contribution < 1.29 is 19.1 Å². The van der Waals surface area contributed by atoms with Crippen LogP contribution in [0, 0.1) is 5.92 Å². The van der Waals surface area contributed by atoms with Crippen LogP contribution < -0.4 is 4.74 Å². The molecule has 3 atom stereocenters. The summed E-state index contributed by atoms with van der Waals surface area (Å²) in [5.41, 5.74) is 4.18. The number of allylic oxidation sites excluding steroid dienone is 2. The number of hydrogen-bond donors (Lipinski definition) is 0. The Morgan fingerprint density at radius 2 is 1.66 bits per heavy atom. The van der Waals surface area contributed by atoms with Gasteiger partial charge in [-0.1, -0.05) is 18.6 Å². The largest absolute Gasteiger partial charge is 0.497 e. The summed E-state index contributed by atoms with van der Waals surface area (Å²) in [5.74, 6) is -0.366. The highest BCUT2D eigenvalue weighted by molar-refractivity contribution is 6.09. The van der Waals surface area contributed by atoms with E-state index < -0.39 is 11.8 Å². The molecule has 3 aliphatic rings. The van der Waals surface area contributed by atoms with Crippen LogP contribution in [0.15, 0.2) is 65.1 Å². The van der Waals surface area contributed by atoms with Gasteiger partial charge in [0.1, 0.15) is 17.8 Å². The van der Waals surface area contributed by atoms with E-state index >= 15 is 0 Å². The third-order valence-electron chi connectivity index (χ3n) is 7.63. The van der Waals surface area contributed by atoms with Crippen LogP contribution in [0.3, 0.4) is 0 Å². The van der Waals surface area contributed by atoms with Crippen molar-refractivity contribution in [3.05, 3.63) is 71.2 Å². The Morgan fingerprint density at radius 3 is 2.34 bits per heavy atom. The molecule has 2 aliphatic carbocycles. The lowest BCUT2D eigenvalue weighted by Crippen LogP contribution is -2.39. The number of Topliss-reactive ketones (excluding diaryl/α,β-unsaturated/α-hetero) is 1. The van der Waals surface area contributed by atoms with Gasteiger partial charge in [-0.2, -0.15) is 0 Å². The molecule has 6 heteroatoms. The van der Waals surface area contributed by atoms with Gasteiger partial charge in [0, 0.05) is 41.7 Å². The number of ether oxygens (including phenoxy) is 2. The molecule has 1 aromatic carbocycles. The van der Waals surface area contributed by atoms with Gasteiger partial charge in [0.15, 0.2) is 5.78 Å². The molecule has 1 fully saturated rings. The number of nitrogens with zero attached hydrogens (tertiary/aromatic N) is 2. The zero-order valence-corrected chi connectivity index (χ0v) is 20.4. The summed E-state index contributed by atoms with van der Waals surface area (Å²) in [7, 11) is 1.64. The SMILES string of the molecule is COc1ccc([C@H]2CC(=O)C3=C(C2)N=C(C)C(C(=O)OC2CCCCC2)[C@H]3c2ccncc2)cc1. The summed E-state index contributed by atoms with van der Waals surface area (Å²) in [4.78, 5) is 36.2. The van der Waals surface area contributed by atoms with E-state index in [2.05, 4.69) is 4.98 Å². The summed E-state index contributed by atoms with van der Waals surface area (Å²) >= 11 is 0. The number of methoxy groups -OCH3 is 1. The number of esters is 1. The number of hydrogen-bond acceptors (Lipinski definition) is 6. The highest BCUT2D eigenvalue weighted by Crippen LogP contribution is 2.47. The van der Waals surface area contributed by atoms with Gasteiger partial charge in [-0.15, -0.1) is 0 Å². The van der Waals surface area contributed by atoms with Crippen LogP contribution in [-0.4, -0.2) is 35.7 Å². The molecule has 2 heterocycles. The van der Waals surface area contributed by atoms with Crippen LogP contribution in [0.25, 0.3) is 0 Å². The Labute approximate surface area is 206 Å². The van der Waals surface area contributed by atoms with Crippen LogP contribution in [-0.2, 0) is 14.3 Å². The number of pyridine rings is 1. The van der Waals surface area contributed by atoms with Crippen molar-refractivity contribution in [3.63, 3.8) is 0 Å². The summed E-state index contributed by atoms with van der Waals surface area (Å²) in [5, 5.41) is 0. The average molecular weight is 473 g/mol. The van der Waals surface area contributed by atoms with Gasteiger partial charge in [-0.05, 0) is 80.3 Å².